The molecule has 0 bridgehead atoms. The lowest BCUT2D eigenvalue weighted by Gasteiger charge is -2.03. The molecule has 0 fully saturated rings. The van der Waals surface area contributed by atoms with Gasteiger partial charge < -0.3 is 0 Å². The van der Waals surface area contributed by atoms with Crippen LogP contribution in [0.15, 0.2) is 0 Å². The first kappa shape index (κ1) is 8.54. The Kier molecular flexibility index (Phi) is 3.78. The van der Waals surface area contributed by atoms with Crippen molar-refractivity contribution in [2.24, 2.45) is 5.92 Å². The van der Waals surface area contributed by atoms with Crippen LogP contribution < -0.4 is 0 Å². The highest BCUT2D eigenvalue weighted by molar-refractivity contribution is 6.65. The van der Waals surface area contributed by atoms with E-state index in [0.717, 1.165) is 0 Å². The van der Waals surface area contributed by atoms with E-state index in [0.29, 0.717) is 0 Å². The van der Waals surface area contributed by atoms with E-state index in [1.165, 1.54) is 0 Å². The highest BCUT2D eigenvalue weighted by Gasteiger charge is 2.16. The second-order valence-electron chi connectivity index (χ2n) is 1.43. The van der Waals surface area contributed by atoms with Gasteiger partial charge in [0.25, 0.3) is 0 Å². The fourth-order valence-corrected chi connectivity index (χ4v) is 0.583. The number of carbonyl (C=O) groups is 1. The third-order valence-corrected chi connectivity index (χ3v) is 1.84. The van der Waals surface area contributed by atoms with Gasteiger partial charge in [-0.1, -0.05) is 6.92 Å². The summed E-state index contributed by atoms with van der Waals surface area (Å²) in [5, 5.41) is -0.500. The molecule has 48 valence electrons. The van der Waals surface area contributed by atoms with Crippen molar-refractivity contribution in [3.63, 3.8) is 0 Å². The molecule has 0 N–H and O–H groups in total. The zero-order valence-electron chi connectivity index (χ0n) is 4.20. The Balaban J connectivity index is 3.64. The lowest BCUT2D eigenvalue weighted by molar-refractivity contribution is -0.114. The summed E-state index contributed by atoms with van der Waals surface area (Å²) in [6.45, 7) is 1.57. The highest BCUT2D eigenvalue weighted by Crippen LogP contribution is 2.16. The molecule has 1 unspecified atom stereocenters. The van der Waals surface area contributed by atoms with Crippen molar-refractivity contribution in [2.45, 2.75) is 11.8 Å². The molecule has 0 aromatic heterocycles. The Labute approximate surface area is 62.9 Å². The third kappa shape index (κ3) is 2.75. The van der Waals surface area contributed by atoms with Gasteiger partial charge in [-0.05, 0) is 11.6 Å². The minimum Gasteiger partial charge on any atom is -0.281 e. The Bertz CT molecular complexity index is 91.3. The molecule has 0 spiro atoms. The molecule has 1 nitrogen and oxygen atoms in total. The summed E-state index contributed by atoms with van der Waals surface area (Å²) in [5.74, 6) is -0.472. The van der Waals surface area contributed by atoms with Crippen molar-refractivity contribution >= 4 is 40.0 Å². The quantitative estimate of drug-likeness (QED) is 0.464. The largest absolute Gasteiger partial charge is 0.281 e. The van der Waals surface area contributed by atoms with Gasteiger partial charge in [0, 0.05) is 0 Å². The highest BCUT2D eigenvalue weighted by atomic mass is 35.5. The lowest BCUT2D eigenvalue weighted by atomic mass is 10.2. The Morgan fingerprint density at radius 2 is 1.88 bits per heavy atom. The van der Waals surface area contributed by atoms with Crippen molar-refractivity contribution in [3.8, 4) is 0 Å². The molecule has 0 aromatic carbocycles. The van der Waals surface area contributed by atoms with Gasteiger partial charge in [-0.2, -0.15) is 0 Å². The summed E-state index contributed by atoms with van der Waals surface area (Å²) in [7, 11) is 0. The summed E-state index contributed by atoms with van der Waals surface area (Å²) in [5.41, 5.74) is 0. The molecule has 0 aliphatic heterocycles. The third-order valence-electron chi connectivity index (χ3n) is 0.736. The molecule has 0 rings (SSSR count). The van der Waals surface area contributed by atoms with Gasteiger partial charge in [-0.3, -0.25) is 4.79 Å². The summed E-state index contributed by atoms with van der Waals surface area (Å²) >= 11 is 15.6. The zero-order chi connectivity index (χ0) is 6.73. The topological polar surface area (TPSA) is 17.1 Å². The smallest absolute Gasteiger partial charge is 0.227 e. The fourth-order valence-electron chi connectivity index (χ4n) is 0.0991. The van der Waals surface area contributed by atoms with Crippen LogP contribution in [-0.2, 0) is 4.79 Å². The van der Waals surface area contributed by atoms with Gasteiger partial charge >= 0.3 is 0 Å². The molecule has 4 heteroatoms. The second kappa shape index (κ2) is 3.54. The molecule has 0 aliphatic carbocycles. The van der Waals surface area contributed by atoms with E-state index in [-0.39, 0.29) is 0 Å². The predicted octanol–water partition coefficient (Wildman–Crippen LogP) is 2.19. The summed E-state index contributed by atoms with van der Waals surface area (Å²) in [4.78, 5) is 9.49. The van der Waals surface area contributed by atoms with E-state index in [1.54, 1.807) is 6.92 Å². The standard InChI is InChI=1S/C4H5Cl3O/c1-2(3(5)6)4(7)8/h2-3H,1H3. The minimum absolute atomic E-state index is 0.472. The van der Waals surface area contributed by atoms with Crippen molar-refractivity contribution in [2.75, 3.05) is 0 Å². The number of rotatable bonds is 2. The molecule has 0 aliphatic rings. The number of alkyl halides is 2. The zero-order valence-corrected chi connectivity index (χ0v) is 6.46. The Morgan fingerprint density at radius 1 is 1.50 bits per heavy atom. The fraction of sp³-hybridized carbons (Fsp3) is 0.750. The molecule has 8 heavy (non-hydrogen) atoms. The first-order valence-corrected chi connectivity index (χ1v) is 3.28. The van der Waals surface area contributed by atoms with Crippen LogP contribution >= 0.6 is 34.8 Å². The van der Waals surface area contributed by atoms with Crippen LogP contribution in [0.4, 0.5) is 0 Å². The number of hydrogen-bond donors (Lipinski definition) is 0. The summed E-state index contributed by atoms with van der Waals surface area (Å²) < 4.78 is 0. The first-order valence-electron chi connectivity index (χ1n) is 2.03. The Morgan fingerprint density at radius 3 is 1.88 bits per heavy atom. The van der Waals surface area contributed by atoms with E-state index in [4.69, 9.17) is 34.8 Å². The maximum Gasteiger partial charge on any atom is 0.227 e. The SMILES string of the molecule is CC(C(=O)Cl)C(Cl)Cl. The molecule has 0 amide bonds. The van der Waals surface area contributed by atoms with Crippen molar-refractivity contribution < 1.29 is 4.79 Å². The van der Waals surface area contributed by atoms with Gasteiger partial charge in [-0.15, -0.1) is 23.2 Å². The van der Waals surface area contributed by atoms with E-state index in [9.17, 15) is 4.79 Å². The van der Waals surface area contributed by atoms with E-state index >= 15 is 0 Å². The molecule has 0 aromatic rings. The van der Waals surface area contributed by atoms with Crippen LogP contribution in [0.5, 0.6) is 0 Å². The van der Waals surface area contributed by atoms with Gasteiger partial charge in [0.1, 0.15) is 4.84 Å². The summed E-state index contributed by atoms with van der Waals surface area (Å²) in [6, 6.07) is 0. The summed E-state index contributed by atoms with van der Waals surface area (Å²) in [6.07, 6.45) is 0. The van der Waals surface area contributed by atoms with Crippen molar-refractivity contribution in [1.82, 2.24) is 0 Å². The van der Waals surface area contributed by atoms with Crippen LogP contribution in [0.3, 0.4) is 0 Å². The van der Waals surface area contributed by atoms with E-state index in [1.807, 2.05) is 0 Å². The minimum atomic E-state index is -0.694. The maximum atomic E-state index is 10.2. The Hall–Kier alpha value is 0.540. The van der Waals surface area contributed by atoms with Gasteiger partial charge in [0.15, 0.2) is 0 Å². The van der Waals surface area contributed by atoms with Crippen LogP contribution in [-0.4, -0.2) is 10.1 Å². The number of carbonyl (C=O) groups excluding carboxylic acids is 1. The van der Waals surface area contributed by atoms with Crippen molar-refractivity contribution in [1.29, 1.82) is 0 Å². The van der Waals surface area contributed by atoms with Gasteiger partial charge in [0.05, 0.1) is 5.92 Å². The molecular weight excluding hydrogens is 170 g/mol. The molecule has 0 heterocycles. The normalized spacial score (nSPS) is 14.1. The average Bonchev–Trinajstić information content (AvgIpc) is 1.64. The van der Waals surface area contributed by atoms with Crippen LogP contribution in [0, 0.1) is 5.92 Å². The van der Waals surface area contributed by atoms with Crippen molar-refractivity contribution in [3.05, 3.63) is 0 Å². The number of hydrogen-bond acceptors (Lipinski definition) is 1. The molecular formula is C4H5Cl3O. The van der Waals surface area contributed by atoms with Crippen LogP contribution in [0.2, 0.25) is 0 Å². The molecule has 0 saturated heterocycles. The van der Waals surface area contributed by atoms with Gasteiger partial charge in [0.2, 0.25) is 5.24 Å². The van der Waals surface area contributed by atoms with Crippen LogP contribution in [0.1, 0.15) is 6.92 Å². The number of halogens is 3. The first-order chi connectivity index (χ1) is 3.55. The van der Waals surface area contributed by atoms with Crippen LogP contribution in [0.25, 0.3) is 0 Å². The molecule has 1 atom stereocenters. The van der Waals surface area contributed by atoms with Gasteiger partial charge in [-0.25, -0.2) is 0 Å². The van der Waals surface area contributed by atoms with E-state index < -0.39 is 16.0 Å². The van der Waals surface area contributed by atoms with E-state index in [2.05, 4.69) is 0 Å². The predicted molar refractivity (Wildman–Crippen MR) is 35.5 cm³/mol. The average molecular weight is 175 g/mol. The second-order valence-corrected chi connectivity index (χ2v) is 2.96. The maximum absolute atomic E-state index is 10.2. The molecule has 0 saturated carbocycles. The monoisotopic (exact) mass is 174 g/mol. The molecule has 0 radical (unpaired) electrons. The lowest BCUT2D eigenvalue weighted by Crippen LogP contribution is -2.11.